The number of aldehydes is 2. The first-order valence-corrected chi connectivity index (χ1v) is 4.61. The molecule has 0 N–H and O–H groups in total. The number of rotatable bonds is 3. The van der Waals surface area contributed by atoms with Crippen LogP contribution in [0.4, 0.5) is 0 Å². The summed E-state index contributed by atoms with van der Waals surface area (Å²) in [6.45, 7) is 4.00. The third-order valence-electron chi connectivity index (χ3n) is 3.15. The number of hydrogen-bond acceptors (Lipinski definition) is 2. The Morgan fingerprint density at radius 3 is 2.50 bits per heavy atom. The summed E-state index contributed by atoms with van der Waals surface area (Å²) in [6.07, 6.45) is 4.12. The Labute approximate surface area is 73.3 Å². The molecule has 1 rings (SSSR count). The van der Waals surface area contributed by atoms with Gasteiger partial charge in [0.1, 0.15) is 12.6 Å². The molecule has 2 nitrogen and oxygen atoms in total. The number of carbonyl (C=O) groups excluding carboxylic acids is 2. The van der Waals surface area contributed by atoms with E-state index in [0.29, 0.717) is 11.8 Å². The minimum atomic E-state index is 0.0464. The largest absolute Gasteiger partial charge is 0.303 e. The van der Waals surface area contributed by atoms with Crippen LogP contribution in [0.15, 0.2) is 0 Å². The van der Waals surface area contributed by atoms with Gasteiger partial charge in [-0.1, -0.05) is 13.8 Å². The van der Waals surface area contributed by atoms with Gasteiger partial charge < -0.3 is 9.59 Å². The molecule has 1 fully saturated rings. The molecule has 0 aromatic rings. The molecule has 4 atom stereocenters. The van der Waals surface area contributed by atoms with E-state index in [2.05, 4.69) is 6.92 Å². The normalized spacial score (nSPS) is 37.7. The summed E-state index contributed by atoms with van der Waals surface area (Å²) in [6, 6.07) is 0. The highest BCUT2D eigenvalue weighted by Gasteiger charge is 2.35. The van der Waals surface area contributed by atoms with Crippen LogP contribution in [0.1, 0.15) is 26.7 Å². The quantitative estimate of drug-likeness (QED) is 0.601. The first-order valence-electron chi connectivity index (χ1n) is 4.61. The molecule has 0 aromatic carbocycles. The molecule has 12 heavy (non-hydrogen) atoms. The van der Waals surface area contributed by atoms with Crippen LogP contribution in [0.2, 0.25) is 0 Å². The molecule has 0 saturated heterocycles. The third kappa shape index (κ3) is 1.57. The van der Waals surface area contributed by atoms with Gasteiger partial charge in [-0.05, 0) is 24.7 Å². The van der Waals surface area contributed by atoms with Crippen LogP contribution < -0.4 is 0 Å². The topological polar surface area (TPSA) is 34.1 Å². The van der Waals surface area contributed by atoms with Crippen LogP contribution >= 0.6 is 0 Å². The van der Waals surface area contributed by atoms with E-state index in [1.165, 1.54) is 0 Å². The fourth-order valence-electron chi connectivity index (χ4n) is 2.21. The van der Waals surface area contributed by atoms with Gasteiger partial charge in [-0.25, -0.2) is 0 Å². The van der Waals surface area contributed by atoms with Gasteiger partial charge in [-0.2, -0.15) is 0 Å². The Hall–Kier alpha value is -0.660. The van der Waals surface area contributed by atoms with Gasteiger partial charge in [-0.3, -0.25) is 0 Å². The predicted octanol–water partition coefficient (Wildman–Crippen LogP) is 1.68. The van der Waals surface area contributed by atoms with E-state index >= 15 is 0 Å². The maximum atomic E-state index is 10.7. The molecule has 1 saturated carbocycles. The van der Waals surface area contributed by atoms with Crippen LogP contribution in [0.25, 0.3) is 0 Å². The minimum Gasteiger partial charge on any atom is -0.303 e. The molecule has 1 unspecified atom stereocenters. The molecule has 0 aliphatic heterocycles. The Kier molecular flexibility index (Phi) is 3.01. The lowest BCUT2D eigenvalue weighted by molar-refractivity contribution is -0.116. The van der Waals surface area contributed by atoms with Crippen molar-refractivity contribution in [2.75, 3.05) is 0 Å². The fraction of sp³-hybridized carbons (Fsp3) is 0.800. The monoisotopic (exact) mass is 168 g/mol. The molecule has 1 aliphatic rings. The molecule has 68 valence electrons. The van der Waals surface area contributed by atoms with Crippen molar-refractivity contribution in [3.05, 3.63) is 0 Å². The zero-order valence-corrected chi connectivity index (χ0v) is 7.69. The molecule has 1 aliphatic carbocycles. The van der Waals surface area contributed by atoms with E-state index in [0.717, 1.165) is 25.4 Å². The van der Waals surface area contributed by atoms with Gasteiger partial charge >= 0.3 is 0 Å². The van der Waals surface area contributed by atoms with Crippen molar-refractivity contribution < 1.29 is 9.59 Å². The van der Waals surface area contributed by atoms with E-state index < -0.39 is 0 Å². The van der Waals surface area contributed by atoms with Crippen molar-refractivity contribution in [2.24, 2.45) is 23.7 Å². The SMILES string of the molecule is CC(C=O)[C@@H]1CC[C@H](C)[C@@H]1C=O. The standard InChI is InChI=1S/C10H16O2/c1-7-3-4-9(8(2)5-11)10(7)6-12/h5-10H,3-4H2,1-2H3/t7-,8?,9-,10-/m0/s1. The second-order valence-electron chi connectivity index (χ2n) is 3.93. The van der Waals surface area contributed by atoms with Crippen molar-refractivity contribution in [1.29, 1.82) is 0 Å². The second kappa shape index (κ2) is 3.83. The van der Waals surface area contributed by atoms with Crippen LogP contribution in [0.5, 0.6) is 0 Å². The average molecular weight is 168 g/mol. The van der Waals surface area contributed by atoms with Crippen LogP contribution in [0, 0.1) is 23.7 Å². The van der Waals surface area contributed by atoms with E-state index in [1.54, 1.807) is 0 Å². The maximum Gasteiger partial charge on any atom is 0.123 e. The van der Waals surface area contributed by atoms with Gasteiger partial charge in [0.2, 0.25) is 0 Å². The molecule has 0 heterocycles. The first-order chi connectivity index (χ1) is 5.70. The number of hydrogen-bond donors (Lipinski definition) is 0. The van der Waals surface area contributed by atoms with Gasteiger partial charge in [0, 0.05) is 11.8 Å². The Balaban J connectivity index is 2.65. The molecular weight excluding hydrogens is 152 g/mol. The second-order valence-corrected chi connectivity index (χ2v) is 3.93. The van der Waals surface area contributed by atoms with Crippen molar-refractivity contribution in [1.82, 2.24) is 0 Å². The van der Waals surface area contributed by atoms with Crippen LogP contribution in [-0.4, -0.2) is 12.6 Å². The van der Waals surface area contributed by atoms with Crippen molar-refractivity contribution >= 4 is 12.6 Å². The first kappa shape index (κ1) is 9.43. The van der Waals surface area contributed by atoms with E-state index in [-0.39, 0.29) is 11.8 Å². The van der Waals surface area contributed by atoms with Crippen molar-refractivity contribution in [3.8, 4) is 0 Å². The highest BCUT2D eigenvalue weighted by atomic mass is 16.1. The predicted molar refractivity (Wildman–Crippen MR) is 46.7 cm³/mol. The third-order valence-corrected chi connectivity index (χ3v) is 3.15. The summed E-state index contributed by atoms with van der Waals surface area (Å²) in [5.41, 5.74) is 0. The highest BCUT2D eigenvalue weighted by Crippen LogP contribution is 2.39. The Bertz CT molecular complexity index is 177. The summed E-state index contributed by atoms with van der Waals surface area (Å²) in [4.78, 5) is 21.3. The minimum absolute atomic E-state index is 0.0464. The molecule has 0 aromatic heterocycles. The van der Waals surface area contributed by atoms with Gasteiger partial charge in [0.05, 0.1) is 0 Å². The summed E-state index contributed by atoms with van der Waals surface area (Å²) >= 11 is 0. The maximum absolute atomic E-state index is 10.7. The van der Waals surface area contributed by atoms with E-state index in [9.17, 15) is 9.59 Å². The smallest absolute Gasteiger partial charge is 0.123 e. The Morgan fingerprint density at radius 1 is 1.33 bits per heavy atom. The molecule has 0 radical (unpaired) electrons. The zero-order valence-electron chi connectivity index (χ0n) is 7.69. The Morgan fingerprint density at radius 2 is 2.00 bits per heavy atom. The van der Waals surface area contributed by atoms with Crippen LogP contribution in [-0.2, 0) is 9.59 Å². The van der Waals surface area contributed by atoms with E-state index in [4.69, 9.17) is 0 Å². The lowest BCUT2D eigenvalue weighted by Gasteiger charge is -2.19. The average Bonchev–Trinajstić information content (AvgIpc) is 2.45. The van der Waals surface area contributed by atoms with Gasteiger partial charge in [0.25, 0.3) is 0 Å². The van der Waals surface area contributed by atoms with Gasteiger partial charge in [0.15, 0.2) is 0 Å². The molecule has 0 bridgehead atoms. The summed E-state index contributed by atoms with van der Waals surface area (Å²) in [5, 5.41) is 0. The highest BCUT2D eigenvalue weighted by molar-refractivity contribution is 5.59. The summed E-state index contributed by atoms with van der Waals surface area (Å²) in [5.74, 6) is 0.931. The summed E-state index contributed by atoms with van der Waals surface area (Å²) in [7, 11) is 0. The van der Waals surface area contributed by atoms with E-state index in [1.807, 2.05) is 6.92 Å². The lowest BCUT2D eigenvalue weighted by atomic mass is 9.84. The lowest BCUT2D eigenvalue weighted by Crippen LogP contribution is -2.21. The molecule has 0 amide bonds. The van der Waals surface area contributed by atoms with Crippen LogP contribution in [0.3, 0.4) is 0 Å². The van der Waals surface area contributed by atoms with Gasteiger partial charge in [-0.15, -0.1) is 0 Å². The molecule has 2 heteroatoms. The van der Waals surface area contributed by atoms with Crippen molar-refractivity contribution in [3.63, 3.8) is 0 Å². The fourth-order valence-corrected chi connectivity index (χ4v) is 2.21. The summed E-state index contributed by atoms with van der Waals surface area (Å²) < 4.78 is 0. The number of carbonyl (C=O) groups is 2. The van der Waals surface area contributed by atoms with Crippen molar-refractivity contribution in [2.45, 2.75) is 26.7 Å². The molecule has 0 spiro atoms. The molecular formula is C10H16O2. The zero-order chi connectivity index (χ0) is 9.14.